The van der Waals surface area contributed by atoms with E-state index in [-0.39, 0.29) is 11.9 Å². The van der Waals surface area contributed by atoms with Crippen LogP contribution in [0.5, 0.6) is 0 Å². The van der Waals surface area contributed by atoms with Crippen LogP contribution in [0.3, 0.4) is 0 Å². The number of tetrazole rings is 1. The fourth-order valence-corrected chi connectivity index (χ4v) is 2.54. The Hall–Kier alpha value is -2.31. The molecule has 4 rings (SSSR count). The Morgan fingerprint density at radius 2 is 2.19 bits per heavy atom. The molecule has 2 aromatic heterocycles. The van der Waals surface area contributed by atoms with Crippen LogP contribution in [0.15, 0.2) is 18.3 Å². The average molecular weight is 284 g/mol. The van der Waals surface area contributed by atoms with Gasteiger partial charge < -0.3 is 4.90 Å². The molecule has 0 aliphatic heterocycles. The fraction of sp³-hybridized carbons (Fsp3) is 0.500. The van der Waals surface area contributed by atoms with Crippen molar-refractivity contribution in [2.24, 2.45) is 0 Å². The maximum Gasteiger partial charge on any atom is 0.273 e. The Balaban J connectivity index is 1.57. The summed E-state index contributed by atoms with van der Waals surface area (Å²) in [7, 11) is 0. The number of carbonyl (C=O) groups is 1. The first-order chi connectivity index (χ1) is 10.3. The van der Waals surface area contributed by atoms with E-state index in [4.69, 9.17) is 0 Å². The van der Waals surface area contributed by atoms with Crippen molar-refractivity contribution >= 4 is 5.91 Å². The summed E-state index contributed by atoms with van der Waals surface area (Å²) < 4.78 is 0. The highest BCUT2D eigenvalue weighted by molar-refractivity contribution is 5.92. The topological polar surface area (TPSA) is 87.7 Å². The first-order valence-electron chi connectivity index (χ1n) is 7.30. The number of H-pyrrole nitrogens is 1. The van der Waals surface area contributed by atoms with E-state index in [0.29, 0.717) is 24.0 Å². The smallest absolute Gasteiger partial charge is 0.273 e. The highest BCUT2D eigenvalue weighted by Crippen LogP contribution is 2.40. The lowest BCUT2D eigenvalue weighted by Gasteiger charge is -2.20. The SMILES string of the molecule is O=C(c1cc(C2CC2)ccn1)N(Cc1nn[nH]n1)C1CC1. The minimum atomic E-state index is -0.0372. The number of aromatic nitrogens is 5. The van der Waals surface area contributed by atoms with Crippen LogP contribution >= 0.6 is 0 Å². The van der Waals surface area contributed by atoms with E-state index >= 15 is 0 Å². The van der Waals surface area contributed by atoms with Gasteiger partial charge in [-0.2, -0.15) is 5.21 Å². The van der Waals surface area contributed by atoms with Gasteiger partial charge in [-0.3, -0.25) is 9.78 Å². The van der Waals surface area contributed by atoms with Gasteiger partial charge in [0.1, 0.15) is 5.69 Å². The molecule has 2 saturated carbocycles. The second kappa shape index (κ2) is 4.91. The number of nitrogens with zero attached hydrogens (tertiary/aromatic N) is 5. The lowest BCUT2D eigenvalue weighted by molar-refractivity contribution is 0.0719. The van der Waals surface area contributed by atoms with Crippen LogP contribution < -0.4 is 0 Å². The quantitative estimate of drug-likeness (QED) is 0.893. The highest BCUT2D eigenvalue weighted by atomic mass is 16.2. The van der Waals surface area contributed by atoms with Gasteiger partial charge in [-0.15, -0.1) is 10.2 Å². The largest absolute Gasteiger partial charge is 0.327 e. The first kappa shape index (κ1) is 12.4. The van der Waals surface area contributed by atoms with Gasteiger partial charge in [0.2, 0.25) is 0 Å². The summed E-state index contributed by atoms with van der Waals surface area (Å²) in [6.07, 6.45) is 6.23. The Labute approximate surface area is 121 Å². The van der Waals surface area contributed by atoms with Gasteiger partial charge in [-0.25, -0.2) is 0 Å². The fourth-order valence-electron chi connectivity index (χ4n) is 2.54. The van der Waals surface area contributed by atoms with E-state index in [9.17, 15) is 4.79 Å². The van der Waals surface area contributed by atoms with Gasteiger partial charge in [0.25, 0.3) is 5.91 Å². The Bertz CT molecular complexity index is 647. The molecule has 0 aromatic carbocycles. The number of pyridine rings is 1. The summed E-state index contributed by atoms with van der Waals surface area (Å²) in [6.45, 7) is 0.384. The first-order valence-corrected chi connectivity index (χ1v) is 7.30. The Morgan fingerprint density at radius 3 is 2.86 bits per heavy atom. The summed E-state index contributed by atoms with van der Waals surface area (Å²) in [6, 6.07) is 4.23. The molecular formula is C14H16N6O. The molecular weight excluding hydrogens is 268 g/mol. The monoisotopic (exact) mass is 284 g/mol. The number of carbonyl (C=O) groups excluding carboxylic acids is 1. The van der Waals surface area contributed by atoms with E-state index in [2.05, 4.69) is 25.6 Å². The zero-order valence-corrected chi connectivity index (χ0v) is 11.6. The maximum atomic E-state index is 12.7. The minimum absolute atomic E-state index is 0.0372. The van der Waals surface area contributed by atoms with E-state index in [1.807, 2.05) is 17.0 Å². The molecule has 2 aliphatic carbocycles. The van der Waals surface area contributed by atoms with Crippen LogP contribution in [0, 0.1) is 0 Å². The molecule has 0 spiro atoms. The number of nitrogens with one attached hydrogen (secondary N) is 1. The van der Waals surface area contributed by atoms with Gasteiger partial charge >= 0.3 is 0 Å². The van der Waals surface area contributed by atoms with Gasteiger partial charge in [0.05, 0.1) is 6.54 Å². The van der Waals surface area contributed by atoms with Crippen molar-refractivity contribution in [1.29, 1.82) is 0 Å². The number of hydrogen-bond donors (Lipinski definition) is 1. The van der Waals surface area contributed by atoms with Gasteiger partial charge in [-0.05, 0) is 49.3 Å². The lowest BCUT2D eigenvalue weighted by atomic mass is 10.1. The molecule has 0 radical (unpaired) electrons. The predicted octanol–water partition coefficient (Wildman–Crippen LogP) is 1.28. The number of rotatable bonds is 5. The molecule has 2 aliphatic rings. The van der Waals surface area contributed by atoms with Crippen molar-refractivity contribution < 1.29 is 4.79 Å². The van der Waals surface area contributed by atoms with E-state index < -0.39 is 0 Å². The van der Waals surface area contributed by atoms with Crippen molar-refractivity contribution in [3.8, 4) is 0 Å². The standard InChI is InChI=1S/C14H16N6O/c21-14(12-7-10(5-6-15-12)9-1-2-9)20(11-3-4-11)8-13-16-18-19-17-13/h5-7,9,11H,1-4,8H2,(H,16,17,18,19). The molecule has 1 amide bonds. The van der Waals surface area contributed by atoms with Crippen LogP contribution in [-0.4, -0.2) is 42.5 Å². The third kappa shape index (κ3) is 2.63. The van der Waals surface area contributed by atoms with Crippen molar-refractivity contribution in [2.75, 3.05) is 0 Å². The molecule has 2 fully saturated rings. The normalized spacial score (nSPS) is 17.7. The van der Waals surface area contributed by atoms with E-state index in [0.717, 1.165) is 12.8 Å². The van der Waals surface area contributed by atoms with Crippen LogP contribution in [0.2, 0.25) is 0 Å². The second-order valence-corrected chi connectivity index (χ2v) is 5.74. The summed E-state index contributed by atoms with van der Waals surface area (Å²) in [5.41, 5.74) is 1.75. The Morgan fingerprint density at radius 1 is 1.33 bits per heavy atom. The third-order valence-electron chi connectivity index (χ3n) is 4.00. The van der Waals surface area contributed by atoms with Crippen LogP contribution in [0.4, 0.5) is 0 Å². The lowest BCUT2D eigenvalue weighted by Crippen LogP contribution is -2.33. The predicted molar refractivity (Wildman–Crippen MR) is 73.3 cm³/mol. The molecule has 108 valence electrons. The second-order valence-electron chi connectivity index (χ2n) is 5.74. The molecule has 0 unspecified atom stereocenters. The summed E-state index contributed by atoms with van der Waals surface area (Å²) >= 11 is 0. The van der Waals surface area contributed by atoms with Gasteiger partial charge in [0.15, 0.2) is 5.82 Å². The summed E-state index contributed by atoms with van der Waals surface area (Å²) in [4.78, 5) is 18.8. The van der Waals surface area contributed by atoms with E-state index in [1.54, 1.807) is 6.20 Å². The molecule has 0 bridgehead atoms. The number of hydrogen-bond acceptors (Lipinski definition) is 5. The van der Waals surface area contributed by atoms with Crippen LogP contribution in [0.25, 0.3) is 0 Å². The highest BCUT2D eigenvalue weighted by Gasteiger charge is 2.35. The zero-order valence-electron chi connectivity index (χ0n) is 11.6. The molecule has 2 heterocycles. The van der Waals surface area contributed by atoms with Crippen molar-refractivity contribution in [2.45, 2.75) is 44.2 Å². The molecule has 2 aromatic rings. The molecule has 0 saturated heterocycles. The van der Waals surface area contributed by atoms with Crippen LogP contribution in [0.1, 0.15) is 53.5 Å². The van der Waals surface area contributed by atoms with Crippen molar-refractivity contribution in [1.82, 2.24) is 30.5 Å². The maximum absolute atomic E-state index is 12.7. The van der Waals surface area contributed by atoms with Crippen molar-refractivity contribution in [3.63, 3.8) is 0 Å². The molecule has 7 heteroatoms. The van der Waals surface area contributed by atoms with Gasteiger partial charge in [-0.1, -0.05) is 5.21 Å². The molecule has 7 nitrogen and oxygen atoms in total. The summed E-state index contributed by atoms with van der Waals surface area (Å²) in [5.74, 6) is 1.12. The number of aromatic amines is 1. The Kier molecular flexibility index (Phi) is 2.90. The molecule has 21 heavy (non-hydrogen) atoms. The third-order valence-corrected chi connectivity index (χ3v) is 4.00. The minimum Gasteiger partial charge on any atom is -0.327 e. The number of amides is 1. The molecule has 0 atom stereocenters. The van der Waals surface area contributed by atoms with Gasteiger partial charge in [0, 0.05) is 12.2 Å². The van der Waals surface area contributed by atoms with Crippen LogP contribution in [-0.2, 0) is 6.54 Å². The van der Waals surface area contributed by atoms with E-state index in [1.165, 1.54) is 18.4 Å². The van der Waals surface area contributed by atoms with Crippen molar-refractivity contribution in [3.05, 3.63) is 35.4 Å². The molecule has 1 N–H and O–H groups in total. The average Bonchev–Trinajstić information content (AvgIpc) is 3.44. The summed E-state index contributed by atoms with van der Waals surface area (Å²) in [5, 5.41) is 13.8. The zero-order chi connectivity index (χ0) is 14.2.